The van der Waals surface area contributed by atoms with Gasteiger partial charge in [0, 0.05) is 10.2 Å². The number of fused-ring (bicyclic) bond motifs is 1. The fraction of sp³-hybridized carbons (Fsp3) is 0.333. The average molecular weight is 350 g/mol. The largest absolute Gasteiger partial charge is 0.496 e. The van der Waals surface area contributed by atoms with Crippen LogP contribution in [-0.4, -0.2) is 18.3 Å². The van der Waals surface area contributed by atoms with Crippen LogP contribution in [0.25, 0.3) is 21.2 Å². The number of thiophene rings is 1. The monoisotopic (exact) mass is 350 g/mol. The van der Waals surface area contributed by atoms with E-state index in [9.17, 15) is 0 Å². The normalized spacial score (nSPS) is 18.8. The van der Waals surface area contributed by atoms with E-state index in [-0.39, 0.29) is 18.3 Å². The maximum atomic E-state index is 6.27. The molecule has 0 aliphatic carbocycles. The van der Waals surface area contributed by atoms with E-state index in [0.717, 1.165) is 5.46 Å². The minimum atomic E-state index is -0.323. The van der Waals surface area contributed by atoms with Crippen LogP contribution in [0.15, 0.2) is 47.8 Å². The quantitative estimate of drug-likeness (QED) is 0.593. The molecule has 3 aromatic rings. The second-order valence-corrected chi connectivity index (χ2v) is 8.74. The Bertz CT molecular complexity index is 909. The van der Waals surface area contributed by atoms with Crippen molar-refractivity contribution >= 4 is 34.0 Å². The van der Waals surface area contributed by atoms with Gasteiger partial charge in [0.2, 0.25) is 0 Å². The first kappa shape index (κ1) is 16.8. The highest BCUT2D eigenvalue weighted by Crippen LogP contribution is 2.38. The van der Waals surface area contributed by atoms with Crippen LogP contribution < -0.4 is 5.46 Å². The molecule has 0 saturated carbocycles. The van der Waals surface area contributed by atoms with Crippen LogP contribution in [0.3, 0.4) is 0 Å². The molecule has 25 heavy (non-hydrogen) atoms. The number of benzene rings is 2. The molecule has 0 bridgehead atoms. The maximum absolute atomic E-state index is 6.27. The second kappa shape index (κ2) is 5.70. The Balaban J connectivity index is 1.80. The lowest BCUT2D eigenvalue weighted by Gasteiger charge is -2.32. The van der Waals surface area contributed by atoms with Crippen LogP contribution in [0.2, 0.25) is 0 Å². The van der Waals surface area contributed by atoms with Gasteiger partial charge in [-0.25, -0.2) is 0 Å². The molecule has 0 spiro atoms. The predicted molar refractivity (Wildman–Crippen MR) is 108 cm³/mol. The van der Waals surface area contributed by atoms with E-state index in [1.165, 1.54) is 26.8 Å². The summed E-state index contributed by atoms with van der Waals surface area (Å²) >= 11 is 1.75. The molecule has 2 heterocycles. The van der Waals surface area contributed by atoms with Crippen molar-refractivity contribution in [3.05, 3.63) is 53.4 Å². The highest BCUT2D eigenvalue weighted by Gasteiger charge is 2.52. The van der Waals surface area contributed by atoms with E-state index in [0.29, 0.717) is 0 Å². The molecule has 0 amide bonds. The third-order valence-corrected chi connectivity index (χ3v) is 6.48. The smallest absolute Gasteiger partial charge is 0.399 e. The zero-order chi connectivity index (χ0) is 17.8. The Kier molecular flexibility index (Phi) is 3.84. The van der Waals surface area contributed by atoms with E-state index >= 15 is 0 Å². The van der Waals surface area contributed by atoms with Crippen LogP contribution in [0.4, 0.5) is 0 Å². The first-order valence-electron chi connectivity index (χ1n) is 8.71. The lowest BCUT2D eigenvalue weighted by Crippen LogP contribution is -2.41. The molecule has 4 heteroatoms. The van der Waals surface area contributed by atoms with E-state index in [4.69, 9.17) is 9.31 Å². The Morgan fingerprint density at radius 1 is 0.840 bits per heavy atom. The molecular formula is C21H23BO2S. The molecule has 1 aliphatic rings. The zero-order valence-electron chi connectivity index (χ0n) is 15.4. The molecule has 0 unspecified atom stereocenters. The van der Waals surface area contributed by atoms with Gasteiger partial charge in [0.25, 0.3) is 0 Å². The molecule has 2 aromatic carbocycles. The highest BCUT2D eigenvalue weighted by atomic mass is 32.1. The molecule has 0 atom stereocenters. The van der Waals surface area contributed by atoms with Crippen molar-refractivity contribution in [3.63, 3.8) is 0 Å². The lowest BCUT2D eigenvalue weighted by molar-refractivity contribution is 0.00578. The molecule has 4 rings (SSSR count). The maximum Gasteiger partial charge on any atom is 0.496 e. The van der Waals surface area contributed by atoms with Gasteiger partial charge in [-0.3, -0.25) is 0 Å². The Morgan fingerprint density at radius 2 is 1.48 bits per heavy atom. The van der Waals surface area contributed by atoms with E-state index in [1.807, 2.05) is 0 Å². The number of aryl methyl sites for hydroxylation is 1. The van der Waals surface area contributed by atoms with Gasteiger partial charge < -0.3 is 9.31 Å². The minimum Gasteiger partial charge on any atom is -0.399 e. The molecule has 1 aliphatic heterocycles. The third-order valence-electron chi connectivity index (χ3n) is 5.52. The predicted octanol–water partition coefficient (Wildman–Crippen LogP) is 5.18. The van der Waals surface area contributed by atoms with Gasteiger partial charge in [-0.05, 0) is 62.6 Å². The second-order valence-electron chi connectivity index (χ2n) is 7.82. The summed E-state index contributed by atoms with van der Waals surface area (Å²) in [6.45, 7) is 10.5. The van der Waals surface area contributed by atoms with Crippen molar-refractivity contribution in [2.45, 2.75) is 45.8 Å². The van der Waals surface area contributed by atoms with Crippen molar-refractivity contribution in [1.29, 1.82) is 0 Å². The molecular weight excluding hydrogens is 327 g/mol. The number of rotatable bonds is 2. The minimum absolute atomic E-state index is 0.321. The Labute approximate surface area is 153 Å². The molecule has 2 nitrogen and oxygen atoms in total. The van der Waals surface area contributed by atoms with E-state index < -0.39 is 0 Å². The first-order chi connectivity index (χ1) is 11.8. The number of hydrogen-bond donors (Lipinski definition) is 0. The standard InChI is InChI=1S/C21H23BO2S/c1-14-6-8-15(9-7-14)16-10-11-18(19-17(16)12-13-25-19)22-23-20(2,3)21(4,5)24-22/h6-13H,1-5H3. The van der Waals surface area contributed by atoms with Gasteiger partial charge in [-0.15, -0.1) is 11.3 Å². The summed E-state index contributed by atoms with van der Waals surface area (Å²) in [4.78, 5) is 0. The SMILES string of the molecule is Cc1ccc(-c2ccc(B3OC(C)(C)C(C)(C)O3)c3sccc23)cc1. The fourth-order valence-electron chi connectivity index (χ4n) is 3.22. The molecule has 1 fully saturated rings. The summed E-state index contributed by atoms with van der Waals surface area (Å²) in [5.41, 5.74) is 4.26. The molecule has 0 radical (unpaired) electrons. The van der Waals surface area contributed by atoms with Gasteiger partial charge in [0.05, 0.1) is 11.2 Å². The summed E-state index contributed by atoms with van der Waals surface area (Å²) in [5, 5.41) is 3.41. The van der Waals surface area contributed by atoms with Crippen LogP contribution in [0.5, 0.6) is 0 Å². The van der Waals surface area contributed by atoms with Crippen LogP contribution in [-0.2, 0) is 9.31 Å². The van der Waals surface area contributed by atoms with Crippen LogP contribution in [0.1, 0.15) is 33.3 Å². The lowest BCUT2D eigenvalue weighted by atomic mass is 9.77. The Hall–Kier alpha value is -1.62. The van der Waals surface area contributed by atoms with Crippen molar-refractivity contribution in [1.82, 2.24) is 0 Å². The summed E-state index contributed by atoms with van der Waals surface area (Å²) in [5.74, 6) is 0. The van der Waals surface area contributed by atoms with E-state index in [2.05, 4.69) is 82.5 Å². The van der Waals surface area contributed by atoms with Crippen molar-refractivity contribution in [2.24, 2.45) is 0 Å². The molecule has 128 valence electrons. The van der Waals surface area contributed by atoms with Crippen LogP contribution in [0, 0.1) is 6.92 Å². The molecule has 0 N–H and O–H groups in total. The van der Waals surface area contributed by atoms with E-state index in [1.54, 1.807) is 11.3 Å². The third kappa shape index (κ3) is 2.73. The summed E-state index contributed by atoms with van der Waals surface area (Å²) in [7, 11) is -0.321. The summed E-state index contributed by atoms with van der Waals surface area (Å²) < 4.78 is 13.8. The van der Waals surface area contributed by atoms with Crippen molar-refractivity contribution in [3.8, 4) is 11.1 Å². The van der Waals surface area contributed by atoms with Gasteiger partial charge in [-0.1, -0.05) is 42.0 Å². The Morgan fingerprint density at radius 3 is 2.12 bits per heavy atom. The molecule has 1 saturated heterocycles. The van der Waals surface area contributed by atoms with Gasteiger partial charge in [0.1, 0.15) is 0 Å². The van der Waals surface area contributed by atoms with Gasteiger partial charge in [0.15, 0.2) is 0 Å². The van der Waals surface area contributed by atoms with Gasteiger partial charge >= 0.3 is 7.12 Å². The van der Waals surface area contributed by atoms with Gasteiger partial charge in [-0.2, -0.15) is 0 Å². The summed E-state index contributed by atoms with van der Waals surface area (Å²) in [6, 6.07) is 15.3. The first-order valence-corrected chi connectivity index (χ1v) is 9.59. The topological polar surface area (TPSA) is 18.5 Å². The van der Waals surface area contributed by atoms with Crippen molar-refractivity contribution in [2.75, 3.05) is 0 Å². The fourth-order valence-corrected chi connectivity index (χ4v) is 4.17. The summed E-state index contributed by atoms with van der Waals surface area (Å²) in [6.07, 6.45) is 0. The average Bonchev–Trinajstić information content (AvgIpc) is 3.10. The van der Waals surface area contributed by atoms with Crippen molar-refractivity contribution < 1.29 is 9.31 Å². The highest BCUT2D eigenvalue weighted by molar-refractivity contribution is 7.18. The number of hydrogen-bond acceptors (Lipinski definition) is 3. The van der Waals surface area contributed by atoms with Crippen LogP contribution >= 0.6 is 11.3 Å². The molecule has 1 aromatic heterocycles. The zero-order valence-corrected chi connectivity index (χ0v) is 16.2.